The summed E-state index contributed by atoms with van der Waals surface area (Å²) in [6.45, 7) is 13.1. The Morgan fingerprint density at radius 2 is 1.85 bits per heavy atom. The highest BCUT2D eigenvalue weighted by atomic mass is 16.5. The highest BCUT2D eigenvalue weighted by molar-refractivity contribution is 5.72. The number of carbonyl (C=O) groups is 1. The summed E-state index contributed by atoms with van der Waals surface area (Å²) in [7, 11) is 2.61. The standard InChI is InChI=1S/C10H11NO.C5H12.C4H9NO2.CH4O/c1-7-6-12-9-4-3-5-11-10(9)8(7)2;1-4-5(2)3;1-3(5-2)4(6)7;1-2/h3-5H,6H2,1-2H3;5H,4H2,1-3H3;3,5H,1-2H3,(H,6,7);2H,1H3. The van der Waals surface area contributed by atoms with Gasteiger partial charge in [0, 0.05) is 13.3 Å². The van der Waals surface area contributed by atoms with Gasteiger partial charge in [0.05, 0.1) is 0 Å². The predicted molar refractivity (Wildman–Crippen MR) is 107 cm³/mol. The molecule has 0 fully saturated rings. The van der Waals surface area contributed by atoms with E-state index in [0.29, 0.717) is 6.61 Å². The number of hydrogen-bond donors (Lipinski definition) is 3. The minimum atomic E-state index is -0.817. The predicted octanol–water partition coefficient (Wildman–Crippen LogP) is 3.61. The van der Waals surface area contributed by atoms with Crippen molar-refractivity contribution >= 4 is 11.5 Å². The zero-order valence-electron chi connectivity index (χ0n) is 17.5. The Kier molecular flexibility index (Phi) is 15.5. The minimum Gasteiger partial charge on any atom is -0.487 e. The quantitative estimate of drug-likeness (QED) is 0.755. The lowest BCUT2D eigenvalue weighted by Crippen LogP contribution is -2.29. The van der Waals surface area contributed by atoms with E-state index in [1.54, 1.807) is 20.2 Å². The number of carboxylic acids is 1. The van der Waals surface area contributed by atoms with E-state index in [4.69, 9.17) is 14.9 Å². The van der Waals surface area contributed by atoms with E-state index in [-0.39, 0.29) is 0 Å². The van der Waals surface area contributed by atoms with Crippen molar-refractivity contribution in [2.24, 2.45) is 5.92 Å². The van der Waals surface area contributed by atoms with Gasteiger partial charge < -0.3 is 20.3 Å². The number of aliphatic hydroxyl groups is 1. The molecule has 0 radical (unpaired) electrons. The average Bonchev–Trinajstić information content (AvgIpc) is 2.66. The Bertz CT molecular complexity index is 542. The summed E-state index contributed by atoms with van der Waals surface area (Å²) < 4.78 is 5.49. The van der Waals surface area contributed by atoms with Crippen molar-refractivity contribution in [1.82, 2.24) is 10.3 Å². The number of nitrogens with one attached hydrogen (secondary N) is 1. The molecule has 0 bridgehead atoms. The van der Waals surface area contributed by atoms with Gasteiger partial charge in [-0.1, -0.05) is 27.2 Å². The fourth-order valence-electron chi connectivity index (χ4n) is 1.41. The lowest BCUT2D eigenvalue weighted by atomic mass is 10.1. The molecule has 1 atom stereocenters. The van der Waals surface area contributed by atoms with E-state index in [0.717, 1.165) is 24.5 Å². The van der Waals surface area contributed by atoms with Gasteiger partial charge in [0.15, 0.2) is 0 Å². The van der Waals surface area contributed by atoms with Gasteiger partial charge in [-0.25, -0.2) is 0 Å². The molecule has 1 aliphatic rings. The molecule has 150 valence electrons. The fourth-order valence-corrected chi connectivity index (χ4v) is 1.41. The van der Waals surface area contributed by atoms with Crippen LogP contribution >= 0.6 is 0 Å². The number of rotatable bonds is 3. The lowest BCUT2D eigenvalue weighted by Gasteiger charge is -2.18. The molecular weight excluding hydrogens is 332 g/mol. The maximum atomic E-state index is 9.87. The normalized spacial score (nSPS) is 12.8. The molecule has 0 spiro atoms. The van der Waals surface area contributed by atoms with Gasteiger partial charge >= 0.3 is 5.97 Å². The monoisotopic (exact) mass is 368 g/mol. The Morgan fingerprint density at radius 1 is 1.31 bits per heavy atom. The van der Waals surface area contributed by atoms with Crippen LogP contribution < -0.4 is 10.1 Å². The smallest absolute Gasteiger partial charge is 0.320 e. The second kappa shape index (κ2) is 15.3. The van der Waals surface area contributed by atoms with Crippen LogP contribution in [-0.4, -0.2) is 48.0 Å². The van der Waals surface area contributed by atoms with Gasteiger partial charge in [0.25, 0.3) is 0 Å². The molecule has 6 heteroatoms. The molecule has 0 amide bonds. The number of aliphatic carboxylic acids is 1. The van der Waals surface area contributed by atoms with Crippen molar-refractivity contribution in [3.63, 3.8) is 0 Å². The number of allylic oxidation sites excluding steroid dienone is 1. The van der Waals surface area contributed by atoms with Crippen LogP contribution in [0.3, 0.4) is 0 Å². The number of likely N-dealkylation sites (N-methyl/N-ethyl adjacent to an activating group) is 1. The summed E-state index contributed by atoms with van der Waals surface area (Å²) in [4.78, 5) is 14.1. The molecule has 1 aliphatic heterocycles. The summed E-state index contributed by atoms with van der Waals surface area (Å²) in [5.74, 6) is 0.970. The van der Waals surface area contributed by atoms with Gasteiger partial charge in [0.1, 0.15) is 24.1 Å². The number of carboxylic acid groups (broad SMARTS) is 1. The molecule has 1 aromatic heterocycles. The molecule has 0 saturated heterocycles. The largest absolute Gasteiger partial charge is 0.487 e. The fraction of sp³-hybridized carbons (Fsp3) is 0.600. The Balaban J connectivity index is 0. The van der Waals surface area contributed by atoms with Crippen LogP contribution in [0.25, 0.3) is 5.57 Å². The van der Waals surface area contributed by atoms with E-state index in [9.17, 15) is 4.79 Å². The molecule has 1 unspecified atom stereocenters. The van der Waals surface area contributed by atoms with Crippen LogP contribution in [0.2, 0.25) is 0 Å². The van der Waals surface area contributed by atoms with E-state index in [1.807, 2.05) is 12.1 Å². The number of ether oxygens (including phenoxy) is 1. The highest BCUT2D eigenvalue weighted by Gasteiger charge is 2.14. The molecule has 2 rings (SSSR count). The van der Waals surface area contributed by atoms with Crippen molar-refractivity contribution in [2.75, 3.05) is 20.8 Å². The van der Waals surface area contributed by atoms with Gasteiger partial charge in [-0.3, -0.25) is 9.78 Å². The van der Waals surface area contributed by atoms with Crippen LogP contribution in [0.5, 0.6) is 5.75 Å². The third kappa shape index (κ3) is 10.8. The van der Waals surface area contributed by atoms with Gasteiger partial charge in [0.2, 0.25) is 0 Å². The molecule has 6 nitrogen and oxygen atoms in total. The van der Waals surface area contributed by atoms with Crippen molar-refractivity contribution in [3.8, 4) is 5.75 Å². The minimum absolute atomic E-state index is 0.431. The Hall–Kier alpha value is -1.92. The summed E-state index contributed by atoms with van der Waals surface area (Å²) in [6.07, 6.45) is 3.10. The van der Waals surface area contributed by atoms with Crippen molar-refractivity contribution in [2.45, 2.75) is 54.0 Å². The van der Waals surface area contributed by atoms with E-state index in [1.165, 1.54) is 17.6 Å². The first-order chi connectivity index (χ1) is 12.2. The summed E-state index contributed by atoms with van der Waals surface area (Å²) in [5, 5.41) is 17.7. The van der Waals surface area contributed by atoms with E-state index >= 15 is 0 Å². The van der Waals surface area contributed by atoms with Crippen LogP contribution in [0, 0.1) is 5.92 Å². The second-order valence-electron chi connectivity index (χ2n) is 6.19. The molecule has 0 saturated carbocycles. The Labute approximate surface area is 158 Å². The average molecular weight is 369 g/mol. The zero-order chi connectivity index (χ0) is 20.7. The number of hydrogen-bond acceptors (Lipinski definition) is 5. The maximum Gasteiger partial charge on any atom is 0.320 e. The van der Waals surface area contributed by atoms with Gasteiger partial charge in [-0.15, -0.1) is 0 Å². The SMILES string of the molecule is CC1=C(C)c2ncccc2OC1.CCC(C)C.CNC(C)C(=O)O.CO. The number of aromatic nitrogens is 1. The molecular formula is C20H36N2O4. The highest BCUT2D eigenvalue weighted by Crippen LogP contribution is 2.29. The number of nitrogens with zero attached hydrogens (tertiary/aromatic N) is 1. The molecule has 0 aliphatic carbocycles. The molecule has 1 aromatic rings. The van der Waals surface area contributed by atoms with Crippen LogP contribution in [0.15, 0.2) is 23.9 Å². The van der Waals surface area contributed by atoms with E-state index in [2.05, 4.69) is 44.9 Å². The summed E-state index contributed by atoms with van der Waals surface area (Å²) in [5.41, 5.74) is 3.50. The number of aliphatic hydroxyl groups excluding tert-OH is 1. The Morgan fingerprint density at radius 3 is 2.23 bits per heavy atom. The van der Waals surface area contributed by atoms with Crippen molar-refractivity contribution in [3.05, 3.63) is 29.6 Å². The summed E-state index contributed by atoms with van der Waals surface area (Å²) in [6, 6.07) is 3.42. The van der Waals surface area contributed by atoms with Crippen molar-refractivity contribution < 1.29 is 19.7 Å². The summed E-state index contributed by atoms with van der Waals surface area (Å²) >= 11 is 0. The number of pyridine rings is 1. The van der Waals surface area contributed by atoms with Gasteiger partial charge in [-0.05, 0) is 57.0 Å². The maximum absolute atomic E-state index is 9.87. The zero-order valence-corrected chi connectivity index (χ0v) is 17.5. The molecule has 0 aromatic carbocycles. The van der Waals surface area contributed by atoms with Crippen LogP contribution in [0.1, 0.15) is 53.7 Å². The first-order valence-electron chi connectivity index (χ1n) is 8.83. The molecule has 26 heavy (non-hydrogen) atoms. The van der Waals surface area contributed by atoms with Gasteiger partial charge in [-0.2, -0.15) is 0 Å². The first-order valence-corrected chi connectivity index (χ1v) is 8.83. The molecule has 3 N–H and O–H groups in total. The lowest BCUT2D eigenvalue weighted by molar-refractivity contribution is -0.138. The third-order valence-corrected chi connectivity index (χ3v) is 3.83. The van der Waals surface area contributed by atoms with Crippen LogP contribution in [0.4, 0.5) is 0 Å². The number of fused-ring (bicyclic) bond motifs is 1. The third-order valence-electron chi connectivity index (χ3n) is 3.83. The molecule has 2 heterocycles. The van der Waals surface area contributed by atoms with E-state index < -0.39 is 12.0 Å². The second-order valence-corrected chi connectivity index (χ2v) is 6.19. The topological polar surface area (TPSA) is 91.7 Å². The van der Waals surface area contributed by atoms with Crippen LogP contribution in [-0.2, 0) is 4.79 Å². The van der Waals surface area contributed by atoms with Crippen molar-refractivity contribution in [1.29, 1.82) is 0 Å². The first kappa shape index (κ1) is 26.3.